The molecule has 0 N–H and O–H groups in total. The van der Waals surface area contributed by atoms with Crippen molar-refractivity contribution in [3.05, 3.63) is 64.2 Å². The molecule has 0 spiro atoms. The van der Waals surface area contributed by atoms with Crippen LogP contribution in [0.15, 0.2) is 63.8 Å². The first kappa shape index (κ1) is 22.0. The first-order valence-corrected chi connectivity index (χ1v) is 12.7. The fourth-order valence-electron chi connectivity index (χ4n) is 3.74. The van der Waals surface area contributed by atoms with E-state index in [1.165, 1.54) is 22.7 Å². The van der Waals surface area contributed by atoms with Gasteiger partial charge in [0, 0.05) is 43.2 Å². The van der Waals surface area contributed by atoms with E-state index in [4.69, 9.17) is 14.2 Å². The highest BCUT2D eigenvalue weighted by Crippen LogP contribution is 2.31. The Hall–Kier alpha value is -2.85. The normalized spacial score (nSPS) is 14.4. The Morgan fingerprint density at radius 1 is 1.06 bits per heavy atom. The van der Waals surface area contributed by atoms with Crippen molar-refractivity contribution in [2.45, 2.75) is 6.42 Å². The second-order valence-corrected chi connectivity index (χ2v) is 9.48. The maximum atomic E-state index is 13.3. The first-order valence-electron chi connectivity index (χ1n) is 10.9. The van der Waals surface area contributed by atoms with Crippen molar-refractivity contribution in [2.24, 2.45) is 0 Å². The fourth-order valence-corrected chi connectivity index (χ4v) is 5.25. The SMILES string of the molecule is O=C(c1cccs1)N(CCCN1CCOCC1)c1nc(-c2cc(-c3ccccc3)no2)cs1. The molecule has 1 fully saturated rings. The Morgan fingerprint density at radius 3 is 2.70 bits per heavy atom. The molecule has 0 aliphatic carbocycles. The third-order valence-electron chi connectivity index (χ3n) is 5.49. The monoisotopic (exact) mass is 480 g/mol. The lowest BCUT2D eigenvalue weighted by molar-refractivity contribution is 0.0376. The molecule has 1 aliphatic heterocycles. The number of rotatable bonds is 8. The molecule has 1 aliphatic rings. The minimum Gasteiger partial charge on any atom is -0.379 e. The molecule has 5 rings (SSSR count). The molecule has 0 bridgehead atoms. The molecule has 1 aromatic carbocycles. The van der Waals surface area contributed by atoms with Crippen molar-refractivity contribution in [3.8, 4) is 22.7 Å². The molecule has 4 aromatic rings. The van der Waals surface area contributed by atoms with E-state index < -0.39 is 0 Å². The van der Waals surface area contributed by atoms with Crippen LogP contribution in [0.25, 0.3) is 22.7 Å². The summed E-state index contributed by atoms with van der Waals surface area (Å²) in [5.74, 6) is 0.573. The van der Waals surface area contributed by atoms with E-state index in [0.29, 0.717) is 28.0 Å². The summed E-state index contributed by atoms with van der Waals surface area (Å²) >= 11 is 2.90. The van der Waals surface area contributed by atoms with E-state index >= 15 is 0 Å². The van der Waals surface area contributed by atoms with Crippen LogP contribution in [-0.4, -0.2) is 60.3 Å². The zero-order valence-electron chi connectivity index (χ0n) is 18.1. The second kappa shape index (κ2) is 10.4. The number of ether oxygens (including phenoxy) is 1. The van der Waals surface area contributed by atoms with Crippen molar-refractivity contribution in [1.29, 1.82) is 0 Å². The van der Waals surface area contributed by atoms with Crippen molar-refractivity contribution < 1.29 is 14.1 Å². The van der Waals surface area contributed by atoms with Gasteiger partial charge in [0.2, 0.25) is 0 Å². The number of thiophene rings is 1. The number of morpholine rings is 1. The van der Waals surface area contributed by atoms with E-state index in [-0.39, 0.29) is 5.91 Å². The number of benzene rings is 1. The number of amides is 1. The van der Waals surface area contributed by atoms with Crippen LogP contribution in [0.4, 0.5) is 5.13 Å². The number of aromatic nitrogens is 2. The summed E-state index contributed by atoms with van der Waals surface area (Å²) in [5, 5.41) is 8.70. The van der Waals surface area contributed by atoms with Gasteiger partial charge in [0.1, 0.15) is 11.4 Å². The average molecular weight is 481 g/mol. The standard InChI is InChI=1S/C24H24N4O3S2/c29-23(22-8-4-15-32-22)28(10-5-9-27-11-13-30-14-12-27)24-25-20(17-33-24)21-16-19(26-31-21)18-6-2-1-3-7-18/h1-4,6-8,15-17H,5,9-14H2. The third kappa shape index (κ3) is 5.22. The van der Waals surface area contributed by atoms with Crippen molar-refractivity contribution in [3.63, 3.8) is 0 Å². The smallest absolute Gasteiger partial charge is 0.270 e. The van der Waals surface area contributed by atoms with Crippen LogP contribution in [0, 0.1) is 0 Å². The van der Waals surface area contributed by atoms with Crippen LogP contribution in [0.2, 0.25) is 0 Å². The summed E-state index contributed by atoms with van der Waals surface area (Å²) in [5.41, 5.74) is 2.43. The van der Waals surface area contributed by atoms with Crippen molar-refractivity contribution in [1.82, 2.24) is 15.0 Å². The van der Waals surface area contributed by atoms with E-state index in [2.05, 4.69) is 10.1 Å². The lowest BCUT2D eigenvalue weighted by Crippen LogP contribution is -2.39. The minimum absolute atomic E-state index is 0.0181. The lowest BCUT2D eigenvalue weighted by atomic mass is 10.1. The number of nitrogens with zero attached hydrogens (tertiary/aromatic N) is 4. The van der Waals surface area contributed by atoms with Gasteiger partial charge in [-0.05, 0) is 17.9 Å². The van der Waals surface area contributed by atoms with Gasteiger partial charge in [-0.15, -0.1) is 22.7 Å². The molecule has 3 aromatic heterocycles. The Bertz CT molecular complexity index is 1170. The lowest BCUT2D eigenvalue weighted by Gasteiger charge is -2.27. The molecule has 0 radical (unpaired) electrons. The van der Waals surface area contributed by atoms with E-state index in [1.807, 2.05) is 59.3 Å². The van der Waals surface area contributed by atoms with Crippen molar-refractivity contribution in [2.75, 3.05) is 44.3 Å². The maximum absolute atomic E-state index is 13.3. The summed E-state index contributed by atoms with van der Waals surface area (Å²) in [6.45, 7) is 4.96. The van der Waals surface area contributed by atoms with Crippen LogP contribution in [0.3, 0.4) is 0 Å². The van der Waals surface area contributed by atoms with Crippen molar-refractivity contribution >= 4 is 33.7 Å². The van der Waals surface area contributed by atoms with Gasteiger partial charge >= 0.3 is 0 Å². The van der Waals surface area contributed by atoms with Gasteiger partial charge in [0.15, 0.2) is 10.9 Å². The molecule has 9 heteroatoms. The molecule has 1 amide bonds. The fraction of sp³-hybridized carbons (Fsp3) is 0.292. The summed E-state index contributed by atoms with van der Waals surface area (Å²) in [6, 6.07) is 15.5. The largest absolute Gasteiger partial charge is 0.379 e. The molecule has 4 heterocycles. The van der Waals surface area contributed by atoms with E-state index in [9.17, 15) is 4.79 Å². The molecule has 33 heavy (non-hydrogen) atoms. The Morgan fingerprint density at radius 2 is 1.91 bits per heavy atom. The summed E-state index contributed by atoms with van der Waals surface area (Å²) in [6.07, 6.45) is 0.868. The van der Waals surface area contributed by atoms with Crippen LogP contribution < -0.4 is 4.90 Å². The maximum Gasteiger partial charge on any atom is 0.270 e. The zero-order chi connectivity index (χ0) is 22.5. The van der Waals surface area contributed by atoms with Gasteiger partial charge in [-0.2, -0.15) is 0 Å². The number of thiazole rings is 1. The second-order valence-electron chi connectivity index (χ2n) is 7.70. The van der Waals surface area contributed by atoms with Crippen LogP contribution in [-0.2, 0) is 4.74 Å². The molecule has 7 nitrogen and oxygen atoms in total. The first-order chi connectivity index (χ1) is 16.3. The topological polar surface area (TPSA) is 71.7 Å². The Labute approximate surface area is 200 Å². The number of hydrogen-bond acceptors (Lipinski definition) is 8. The van der Waals surface area contributed by atoms with Gasteiger partial charge in [0.05, 0.1) is 18.1 Å². The van der Waals surface area contributed by atoms with Gasteiger partial charge in [-0.1, -0.05) is 41.6 Å². The molecule has 170 valence electrons. The molecule has 0 saturated carbocycles. The zero-order valence-corrected chi connectivity index (χ0v) is 19.7. The summed E-state index contributed by atoms with van der Waals surface area (Å²) in [4.78, 5) is 22.9. The highest BCUT2D eigenvalue weighted by atomic mass is 32.1. The number of hydrogen-bond donors (Lipinski definition) is 0. The predicted molar refractivity (Wildman–Crippen MR) is 131 cm³/mol. The van der Waals surface area contributed by atoms with Crippen LogP contribution >= 0.6 is 22.7 Å². The van der Waals surface area contributed by atoms with Crippen LogP contribution in [0.5, 0.6) is 0 Å². The number of anilines is 1. The molecule has 1 saturated heterocycles. The number of carbonyl (C=O) groups excluding carboxylic acids is 1. The highest BCUT2D eigenvalue weighted by molar-refractivity contribution is 7.14. The summed E-state index contributed by atoms with van der Waals surface area (Å²) < 4.78 is 11.0. The average Bonchev–Trinajstić information content (AvgIpc) is 3.64. The Balaban J connectivity index is 1.33. The van der Waals surface area contributed by atoms with Gasteiger partial charge in [0.25, 0.3) is 5.91 Å². The predicted octanol–water partition coefficient (Wildman–Crippen LogP) is 4.90. The number of carbonyl (C=O) groups is 1. The Kier molecular flexibility index (Phi) is 6.92. The van der Waals surface area contributed by atoms with Gasteiger partial charge < -0.3 is 9.26 Å². The quantitative estimate of drug-likeness (QED) is 0.357. The van der Waals surface area contributed by atoms with Crippen LogP contribution in [0.1, 0.15) is 16.1 Å². The van der Waals surface area contributed by atoms with E-state index in [0.717, 1.165) is 50.5 Å². The third-order valence-corrected chi connectivity index (χ3v) is 7.21. The highest BCUT2D eigenvalue weighted by Gasteiger charge is 2.23. The summed E-state index contributed by atoms with van der Waals surface area (Å²) in [7, 11) is 0. The van der Waals surface area contributed by atoms with Gasteiger partial charge in [-0.3, -0.25) is 14.6 Å². The molecular formula is C24H24N4O3S2. The molecule has 0 atom stereocenters. The van der Waals surface area contributed by atoms with E-state index in [1.54, 1.807) is 4.90 Å². The molecule has 0 unspecified atom stereocenters. The van der Waals surface area contributed by atoms with Gasteiger partial charge in [-0.25, -0.2) is 4.98 Å². The minimum atomic E-state index is -0.0181. The molecular weight excluding hydrogens is 456 g/mol.